The SMILES string of the molecule is C[Si](C)=[Ti+2]([CH]1C(C(C)(C)C)=Cc2ccccc21)[CH]1C(C(C)(C)C)=Cc2ccccc21.[Cl-].[Cl-]. The van der Waals surface area contributed by atoms with Crippen LogP contribution in [0.2, 0.25) is 13.1 Å². The largest absolute Gasteiger partial charge is 1.00 e. The summed E-state index contributed by atoms with van der Waals surface area (Å²) in [6, 6.07) is 18.5. The number of allylic oxidation sites excluding steroid dienone is 2. The van der Waals surface area contributed by atoms with Crippen molar-refractivity contribution in [3.63, 3.8) is 0 Å². The molecule has 0 aliphatic heterocycles. The summed E-state index contributed by atoms with van der Waals surface area (Å²) in [6.07, 6.45) is 4.69. The molecular formula is C28H36Cl2SiTi. The van der Waals surface area contributed by atoms with E-state index in [4.69, 9.17) is 0 Å². The molecular weight excluding hydrogens is 483 g/mol. The van der Waals surface area contributed by atoms with E-state index < -0.39 is 22.8 Å². The van der Waals surface area contributed by atoms with Crippen LogP contribution >= 0.6 is 0 Å². The van der Waals surface area contributed by atoms with Gasteiger partial charge in [-0.2, -0.15) is 0 Å². The summed E-state index contributed by atoms with van der Waals surface area (Å²) in [5, 5.41) is 0. The molecule has 0 nitrogen and oxygen atoms in total. The molecule has 0 aromatic heterocycles. The van der Waals surface area contributed by atoms with Gasteiger partial charge in [-0.25, -0.2) is 0 Å². The van der Waals surface area contributed by atoms with Crippen molar-refractivity contribution in [2.45, 2.75) is 63.1 Å². The summed E-state index contributed by atoms with van der Waals surface area (Å²) in [4.78, 5) is 0. The molecule has 4 rings (SSSR count). The van der Waals surface area contributed by atoms with Gasteiger partial charge in [0.15, 0.2) is 0 Å². The van der Waals surface area contributed by atoms with E-state index in [1.165, 1.54) is 11.1 Å². The van der Waals surface area contributed by atoms with Gasteiger partial charge in [-0.3, -0.25) is 0 Å². The molecule has 0 spiro atoms. The minimum Gasteiger partial charge on any atom is -1.00 e. The van der Waals surface area contributed by atoms with Gasteiger partial charge in [0.1, 0.15) is 0 Å². The van der Waals surface area contributed by atoms with E-state index >= 15 is 0 Å². The first-order chi connectivity index (χ1) is 14.0. The molecule has 32 heavy (non-hydrogen) atoms. The first kappa shape index (κ1) is 27.7. The van der Waals surface area contributed by atoms with E-state index in [9.17, 15) is 0 Å². The maximum atomic E-state index is 2.61. The third-order valence-electron chi connectivity index (χ3n) is 6.79. The molecule has 2 aromatic rings. The molecule has 0 saturated heterocycles. The van der Waals surface area contributed by atoms with E-state index in [-0.39, 0.29) is 35.6 Å². The van der Waals surface area contributed by atoms with Gasteiger partial charge in [0.2, 0.25) is 0 Å². The molecule has 0 N–H and O–H groups in total. The first-order valence-electron chi connectivity index (χ1n) is 11.3. The van der Waals surface area contributed by atoms with Gasteiger partial charge in [0.25, 0.3) is 0 Å². The Kier molecular flexibility index (Phi) is 8.62. The molecule has 0 fully saturated rings. The second kappa shape index (κ2) is 9.97. The Morgan fingerprint density at radius 2 is 0.969 bits per heavy atom. The number of rotatable bonds is 2. The molecule has 4 heteroatoms. The normalized spacial score (nSPS) is 18.8. The predicted octanol–water partition coefficient (Wildman–Crippen LogP) is 2.23. The Labute approximate surface area is 214 Å². The van der Waals surface area contributed by atoms with Crippen LogP contribution in [0.5, 0.6) is 0 Å². The van der Waals surface area contributed by atoms with Crippen molar-refractivity contribution in [1.82, 2.24) is 0 Å². The summed E-state index contributed by atoms with van der Waals surface area (Å²) in [5.41, 5.74) is 10.0. The zero-order chi connectivity index (χ0) is 21.8. The maximum absolute atomic E-state index is 2.61. The van der Waals surface area contributed by atoms with Gasteiger partial charge >= 0.3 is 191 Å². The topological polar surface area (TPSA) is 0 Å². The molecule has 0 radical (unpaired) electrons. The summed E-state index contributed by atoms with van der Waals surface area (Å²) in [7, 11) is 0. The molecule has 2 aromatic carbocycles. The zero-order valence-electron chi connectivity index (χ0n) is 20.7. The Morgan fingerprint density at radius 3 is 1.28 bits per heavy atom. The molecule has 170 valence electrons. The second-order valence-electron chi connectivity index (χ2n) is 11.3. The molecule has 0 saturated carbocycles. The van der Waals surface area contributed by atoms with Crippen LogP contribution in [0.25, 0.3) is 12.2 Å². The maximum Gasteiger partial charge on any atom is -1.00 e. The van der Waals surface area contributed by atoms with Crippen LogP contribution in [-0.2, 0) is 16.6 Å². The van der Waals surface area contributed by atoms with Crippen molar-refractivity contribution in [3.05, 3.63) is 81.9 Å². The number of benzene rings is 2. The van der Waals surface area contributed by atoms with Crippen molar-refractivity contribution in [2.24, 2.45) is 10.8 Å². The summed E-state index contributed by atoms with van der Waals surface area (Å²) >= 11 is -1.61. The molecule has 0 amide bonds. The van der Waals surface area contributed by atoms with E-state index in [0.717, 1.165) is 0 Å². The molecule has 0 heterocycles. The van der Waals surface area contributed by atoms with Crippen LogP contribution in [0.1, 0.15) is 72.2 Å². The van der Waals surface area contributed by atoms with Crippen LogP contribution < -0.4 is 24.8 Å². The van der Waals surface area contributed by atoms with Crippen molar-refractivity contribution < 1.29 is 41.4 Å². The molecule has 2 atom stereocenters. The van der Waals surface area contributed by atoms with Crippen molar-refractivity contribution in [2.75, 3.05) is 0 Å². The quantitative estimate of drug-likeness (QED) is 0.535. The predicted molar refractivity (Wildman–Crippen MR) is 131 cm³/mol. The van der Waals surface area contributed by atoms with Crippen LogP contribution in [0.15, 0.2) is 59.7 Å². The minimum atomic E-state index is -1.61. The van der Waals surface area contributed by atoms with Crippen LogP contribution in [0.4, 0.5) is 0 Å². The zero-order valence-corrected chi connectivity index (χ0v) is 24.8. The van der Waals surface area contributed by atoms with E-state index in [2.05, 4.69) is 115 Å². The van der Waals surface area contributed by atoms with E-state index in [1.54, 1.807) is 22.3 Å². The molecule has 2 aliphatic carbocycles. The van der Waals surface area contributed by atoms with Gasteiger partial charge in [0.05, 0.1) is 0 Å². The first-order valence-corrected chi connectivity index (χ1v) is 17.9. The minimum absolute atomic E-state index is 0. The third kappa shape index (κ3) is 4.94. The number of fused-ring (bicyclic) bond motifs is 2. The molecule has 2 aliphatic rings. The van der Waals surface area contributed by atoms with Gasteiger partial charge in [-0.1, -0.05) is 0 Å². The van der Waals surface area contributed by atoms with Crippen molar-refractivity contribution in [1.29, 1.82) is 0 Å². The number of halogens is 2. The van der Waals surface area contributed by atoms with Crippen molar-refractivity contribution in [3.8, 4) is 0 Å². The number of hydrogen-bond acceptors (Lipinski definition) is 0. The fourth-order valence-electron chi connectivity index (χ4n) is 5.36. The Balaban J connectivity index is 0.00000181. The fourth-order valence-corrected chi connectivity index (χ4v) is 19.5. The van der Waals surface area contributed by atoms with Gasteiger partial charge in [-0.15, -0.1) is 0 Å². The van der Waals surface area contributed by atoms with Gasteiger partial charge < -0.3 is 24.8 Å². The smallest absolute Gasteiger partial charge is 1.00 e. The summed E-state index contributed by atoms with van der Waals surface area (Å²) < 4.78 is 1.35. The average molecular weight is 519 g/mol. The fraction of sp³-hybridized carbons (Fsp3) is 0.429. The van der Waals surface area contributed by atoms with E-state index in [1.807, 2.05) is 0 Å². The standard InChI is InChI=1S/2C13H15.C2H6Si.2ClH.Ti/c2*1-13(2,3)12-8-10-6-4-5-7-11(10)9-12;1-3-2;;;/h2*4-9H,1-3H3;1-2H3;2*1H;/q;;;;;+2/p-2. The summed E-state index contributed by atoms with van der Waals surface area (Å²) in [5.74, 6) is 0. The Bertz CT molecular complexity index is 1010. The van der Waals surface area contributed by atoms with Crippen molar-refractivity contribution >= 4 is 18.3 Å². The average Bonchev–Trinajstić information content (AvgIpc) is 3.22. The molecule has 2 unspecified atom stereocenters. The Hall–Kier alpha value is -0.569. The van der Waals surface area contributed by atoms with Crippen LogP contribution in [0.3, 0.4) is 0 Å². The third-order valence-corrected chi connectivity index (χ3v) is 19.6. The molecule has 0 bridgehead atoms. The van der Waals surface area contributed by atoms with Gasteiger partial charge in [0, 0.05) is 0 Å². The summed E-state index contributed by atoms with van der Waals surface area (Å²) in [6.45, 7) is 19.8. The monoisotopic (exact) mass is 518 g/mol. The van der Waals surface area contributed by atoms with Crippen LogP contribution in [0, 0.1) is 10.8 Å². The van der Waals surface area contributed by atoms with E-state index in [0.29, 0.717) is 8.45 Å². The van der Waals surface area contributed by atoms with Crippen LogP contribution in [-0.4, -0.2) is 6.19 Å². The van der Waals surface area contributed by atoms with Gasteiger partial charge in [-0.05, 0) is 0 Å². The number of hydrogen-bond donors (Lipinski definition) is 0. The second-order valence-corrected chi connectivity index (χ2v) is 23.6. The Morgan fingerprint density at radius 1 is 0.625 bits per heavy atom.